The van der Waals surface area contributed by atoms with Gasteiger partial charge >= 0.3 is 5.97 Å². The number of ether oxygens (including phenoxy) is 2. The predicted molar refractivity (Wildman–Crippen MR) is 98.8 cm³/mol. The lowest BCUT2D eigenvalue weighted by atomic mass is 10.2. The molecule has 1 aliphatic heterocycles. The van der Waals surface area contributed by atoms with Crippen LogP contribution in [0.25, 0.3) is 0 Å². The molecule has 0 aliphatic carbocycles. The van der Waals surface area contributed by atoms with Gasteiger partial charge in [-0.05, 0) is 24.3 Å². The molecule has 2 N–H and O–H groups in total. The van der Waals surface area contributed by atoms with Crippen molar-refractivity contribution in [1.29, 1.82) is 0 Å². The molecule has 26 heavy (non-hydrogen) atoms. The van der Waals surface area contributed by atoms with Crippen LogP contribution in [0.4, 0.5) is 17.5 Å². The van der Waals surface area contributed by atoms with E-state index in [0.717, 1.165) is 45.1 Å². The molecule has 138 valence electrons. The average Bonchev–Trinajstić information content (AvgIpc) is 2.69. The van der Waals surface area contributed by atoms with Crippen molar-refractivity contribution in [3.05, 3.63) is 42.1 Å². The van der Waals surface area contributed by atoms with Crippen molar-refractivity contribution in [2.75, 3.05) is 57.1 Å². The number of nitrogens with one attached hydrogen (secondary N) is 2. The third-order valence-electron chi connectivity index (χ3n) is 4.03. The molecule has 2 heterocycles. The average molecular weight is 357 g/mol. The number of methoxy groups -OCH3 is 1. The van der Waals surface area contributed by atoms with Crippen LogP contribution in [0.15, 0.2) is 36.5 Å². The quantitative estimate of drug-likeness (QED) is 0.725. The van der Waals surface area contributed by atoms with E-state index in [0.29, 0.717) is 17.3 Å². The first-order valence-electron chi connectivity index (χ1n) is 8.57. The van der Waals surface area contributed by atoms with Crippen LogP contribution in [-0.4, -0.2) is 67.3 Å². The molecule has 1 aromatic carbocycles. The third kappa shape index (κ3) is 5.14. The molecule has 8 heteroatoms. The van der Waals surface area contributed by atoms with Crippen LogP contribution >= 0.6 is 0 Å². The highest BCUT2D eigenvalue weighted by Crippen LogP contribution is 2.17. The predicted octanol–water partition coefficient (Wildman–Crippen LogP) is 1.75. The minimum atomic E-state index is -0.373. The van der Waals surface area contributed by atoms with Gasteiger partial charge in [0.25, 0.3) is 0 Å². The van der Waals surface area contributed by atoms with Crippen LogP contribution in [0.3, 0.4) is 0 Å². The number of morpholine rings is 1. The van der Waals surface area contributed by atoms with E-state index in [1.54, 1.807) is 30.5 Å². The van der Waals surface area contributed by atoms with E-state index in [4.69, 9.17) is 9.47 Å². The molecule has 0 saturated carbocycles. The van der Waals surface area contributed by atoms with Gasteiger partial charge in [0, 0.05) is 38.1 Å². The van der Waals surface area contributed by atoms with E-state index in [1.165, 1.54) is 7.11 Å². The van der Waals surface area contributed by atoms with E-state index >= 15 is 0 Å². The zero-order valence-electron chi connectivity index (χ0n) is 14.8. The van der Waals surface area contributed by atoms with E-state index in [1.807, 2.05) is 6.07 Å². The Balaban J connectivity index is 1.56. The van der Waals surface area contributed by atoms with Crippen molar-refractivity contribution in [2.24, 2.45) is 0 Å². The second-order valence-electron chi connectivity index (χ2n) is 5.84. The number of esters is 1. The third-order valence-corrected chi connectivity index (χ3v) is 4.03. The Morgan fingerprint density at radius 2 is 2.15 bits per heavy atom. The van der Waals surface area contributed by atoms with Crippen LogP contribution in [0.5, 0.6) is 0 Å². The van der Waals surface area contributed by atoms with Gasteiger partial charge in [-0.2, -0.15) is 4.98 Å². The number of carbonyl (C=O) groups is 1. The largest absolute Gasteiger partial charge is 0.465 e. The van der Waals surface area contributed by atoms with Crippen LogP contribution in [0.2, 0.25) is 0 Å². The van der Waals surface area contributed by atoms with E-state index in [2.05, 4.69) is 25.5 Å². The molecule has 2 aromatic rings. The summed E-state index contributed by atoms with van der Waals surface area (Å²) in [5.41, 5.74) is 1.24. The van der Waals surface area contributed by atoms with Gasteiger partial charge in [-0.15, -0.1) is 0 Å². The van der Waals surface area contributed by atoms with Gasteiger partial charge in [-0.3, -0.25) is 4.90 Å². The van der Waals surface area contributed by atoms with Crippen molar-refractivity contribution < 1.29 is 14.3 Å². The van der Waals surface area contributed by atoms with Gasteiger partial charge in [-0.25, -0.2) is 9.78 Å². The lowest BCUT2D eigenvalue weighted by molar-refractivity contribution is 0.0398. The van der Waals surface area contributed by atoms with Gasteiger partial charge in [-0.1, -0.05) is 6.07 Å². The summed E-state index contributed by atoms with van der Waals surface area (Å²) in [6.45, 7) is 5.19. The van der Waals surface area contributed by atoms with Crippen LogP contribution in [0.1, 0.15) is 10.4 Å². The fraction of sp³-hybridized carbons (Fsp3) is 0.389. The first-order valence-corrected chi connectivity index (χ1v) is 8.57. The second-order valence-corrected chi connectivity index (χ2v) is 5.84. The maximum absolute atomic E-state index is 11.6. The molecule has 1 aromatic heterocycles. The Kier molecular flexibility index (Phi) is 6.34. The summed E-state index contributed by atoms with van der Waals surface area (Å²) in [7, 11) is 1.36. The zero-order chi connectivity index (χ0) is 18.2. The van der Waals surface area contributed by atoms with Crippen molar-refractivity contribution >= 4 is 23.4 Å². The van der Waals surface area contributed by atoms with Crippen LogP contribution in [0, 0.1) is 0 Å². The van der Waals surface area contributed by atoms with Crippen LogP contribution < -0.4 is 10.6 Å². The highest BCUT2D eigenvalue weighted by molar-refractivity contribution is 5.90. The lowest BCUT2D eigenvalue weighted by Crippen LogP contribution is -2.39. The summed E-state index contributed by atoms with van der Waals surface area (Å²) >= 11 is 0. The monoisotopic (exact) mass is 357 g/mol. The summed E-state index contributed by atoms with van der Waals surface area (Å²) in [5.74, 6) is 0.838. The maximum atomic E-state index is 11.6. The number of aromatic nitrogens is 2. The molecule has 8 nitrogen and oxygen atoms in total. The minimum absolute atomic E-state index is 0.373. The Labute approximate surface area is 152 Å². The smallest absolute Gasteiger partial charge is 0.337 e. The molecule has 0 bridgehead atoms. The Bertz CT molecular complexity index is 734. The van der Waals surface area contributed by atoms with Gasteiger partial charge in [0.15, 0.2) is 0 Å². The SMILES string of the molecule is COC(=O)c1cccc(Nc2ccnc(NCCN3CCOCC3)n2)c1. The first-order chi connectivity index (χ1) is 12.7. The molecule has 0 radical (unpaired) electrons. The number of benzene rings is 1. The molecule has 1 fully saturated rings. The molecule has 0 spiro atoms. The van der Waals surface area contributed by atoms with Gasteiger partial charge in [0.2, 0.25) is 5.95 Å². The van der Waals surface area contributed by atoms with Crippen molar-refractivity contribution in [1.82, 2.24) is 14.9 Å². The summed E-state index contributed by atoms with van der Waals surface area (Å²) in [5, 5.41) is 6.42. The first kappa shape index (κ1) is 18.1. The summed E-state index contributed by atoms with van der Waals surface area (Å²) < 4.78 is 10.1. The lowest BCUT2D eigenvalue weighted by Gasteiger charge is -2.26. The normalized spacial score (nSPS) is 14.7. The molecular weight excluding hydrogens is 334 g/mol. The van der Waals surface area contributed by atoms with Crippen molar-refractivity contribution in [3.8, 4) is 0 Å². The topological polar surface area (TPSA) is 88.6 Å². The number of nitrogens with zero attached hydrogens (tertiary/aromatic N) is 3. The number of hydrogen-bond acceptors (Lipinski definition) is 8. The van der Waals surface area contributed by atoms with Crippen molar-refractivity contribution in [3.63, 3.8) is 0 Å². The number of hydrogen-bond donors (Lipinski definition) is 2. The second kappa shape index (κ2) is 9.12. The molecule has 1 saturated heterocycles. The molecule has 0 unspecified atom stereocenters. The number of anilines is 3. The molecule has 0 atom stereocenters. The van der Waals surface area contributed by atoms with Gasteiger partial charge < -0.3 is 20.1 Å². The minimum Gasteiger partial charge on any atom is -0.465 e. The molecule has 1 aliphatic rings. The fourth-order valence-corrected chi connectivity index (χ4v) is 2.65. The van der Waals surface area contributed by atoms with Gasteiger partial charge in [0.05, 0.1) is 25.9 Å². The van der Waals surface area contributed by atoms with E-state index < -0.39 is 0 Å². The Morgan fingerprint density at radius 3 is 2.96 bits per heavy atom. The number of rotatable bonds is 7. The standard InChI is InChI=1S/C18H23N5O3/c1-25-17(24)14-3-2-4-15(13-14)21-16-5-6-19-18(22-16)20-7-8-23-9-11-26-12-10-23/h2-6,13H,7-12H2,1H3,(H2,19,20,21,22). The summed E-state index contributed by atoms with van der Waals surface area (Å²) in [6.07, 6.45) is 1.69. The van der Waals surface area contributed by atoms with E-state index in [9.17, 15) is 4.79 Å². The molecule has 0 amide bonds. The van der Waals surface area contributed by atoms with Crippen molar-refractivity contribution in [2.45, 2.75) is 0 Å². The molecule has 3 rings (SSSR count). The maximum Gasteiger partial charge on any atom is 0.337 e. The highest BCUT2D eigenvalue weighted by Gasteiger charge is 2.10. The Hall–Kier alpha value is -2.71. The molecular formula is C18H23N5O3. The van der Waals surface area contributed by atoms with E-state index in [-0.39, 0.29) is 5.97 Å². The highest BCUT2D eigenvalue weighted by atomic mass is 16.5. The van der Waals surface area contributed by atoms with Crippen LogP contribution in [-0.2, 0) is 9.47 Å². The number of carbonyl (C=O) groups excluding carboxylic acids is 1. The van der Waals surface area contributed by atoms with Gasteiger partial charge in [0.1, 0.15) is 5.82 Å². The summed E-state index contributed by atoms with van der Waals surface area (Å²) in [6, 6.07) is 8.85. The summed E-state index contributed by atoms with van der Waals surface area (Å²) in [4.78, 5) is 22.7. The Morgan fingerprint density at radius 1 is 1.31 bits per heavy atom. The zero-order valence-corrected chi connectivity index (χ0v) is 14.8. The fourth-order valence-electron chi connectivity index (χ4n) is 2.65.